The van der Waals surface area contributed by atoms with Crippen molar-refractivity contribution < 1.29 is 19.1 Å². The number of aryl methyl sites for hydroxylation is 1. The molecule has 1 unspecified atom stereocenters. The van der Waals surface area contributed by atoms with E-state index in [1.165, 1.54) is 14.0 Å². The molecule has 0 bridgehead atoms. The van der Waals surface area contributed by atoms with Gasteiger partial charge in [0, 0.05) is 13.0 Å². The summed E-state index contributed by atoms with van der Waals surface area (Å²) in [6.45, 7) is 3.42. The van der Waals surface area contributed by atoms with Crippen molar-refractivity contribution in [1.29, 1.82) is 0 Å². The summed E-state index contributed by atoms with van der Waals surface area (Å²) in [4.78, 5) is 24.0. The summed E-state index contributed by atoms with van der Waals surface area (Å²) < 4.78 is 10.4. The lowest BCUT2D eigenvalue weighted by Gasteiger charge is -2.19. The smallest absolute Gasteiger partial charge is 0.226 e. The lowest BCUT2D eigenvalue weighted by molar-refractivity contribution is -0.120. The first kappa shape index (κ1) is 19.3. The molecule has 0 fully saturated rings. The number of rotatable bonds is 7. The van der Waals surface area contributed by atoms with Crippen molar-refractivity contribution in [3.8, 4) is 11.5 Å². The third-order valence-electron chi connectivity index (χ3n) is 3.93. The number of amides is 2. The van der Waals surface area contributed by atoms with Gasteiger partial charge in [-0.15, -0.1) is 0 Å². The number of hydrogen-bond donors (Lipinski definition) is 2. The monoisotopic (exact) mass is 356 g/mol. The molecule has 0 aliphatic carbocycles. The number of carbonyl (C=O) groups is 2. The number of ether oxygens (including phenoxy) is 2. The normalized spacial score (nSPS) is 11.4. The van der Waals surface area contributed by atoms with E-state index in [9.17, 15) is 9.59 Å². The molecule has 1 atom stereocenters. The van der Waals surface area contributed by atoms with E-state index < -0.39 is 6.04 Å². The van der Waals surface area contributed by atoms with Gasteiger partial charge in [0.05, 0.1) is 32.4 Å². The van der Waals surface area contributed by atoms with Gasteiger partial charge in [-0.25, -0.2) is 0 Å². The minimum atomic E-state index is -0.405. The van der Waals surface area contributed by atoms with E-state index in [2.05, 4.69) is 10.6 Å². The second kappa shape index (κ2) is 8.89. The molecule has 0 aliphatic rings. The summed E-state index contributed by atoms with van der Waals surface area (Å²) >= 11 is 0. The zero-order valence-electron chi connectivity index (χ0n) is 15.5. The van der Waals surface area contributed by atoms with Crippen molar-refractivity contribution in [2.24, 2.45) is 0 Å². The van der Waals surface area contributed by atoms with E-state index >= 15 is 0 Å². The summed E-state index contributed by atoms with van der Waals surface area (Å²) in [5, 5.41) is 5.65. The Balaban J connectivity index is 2.14. The van der Waals surface area contributed by atoms with Gasteiger partial charge in [-0.2, -0.15) is 0 Å². The lowest BCUT2D eigenvalue weighted by Crippen LogP contribution is -2.29. The molecule has 0 aliphatic heterocycles. The minimum Gasteiger partial charge on any atom is -0.497 e. The molecule has 0 spiro atoms. The van der Waals surface area contributed by atoms with Crippen LogP contribution in [-0.4, -0.2) is 26.0 Å². The lowest BCUT2D eigenvalue weighted by atomic mass is 10.0. The van der Waals surface area contributed by atoms with Crippen molar-refractivity contribution in [2.45, 2.75) is 26.3 Å². The first-order chi connectivity index (χ1) is 12.4. The molecule has 2 N–H and O–H groups in total. The molecule has 0 radical (unpaired) electrons. The van der Waals surface area contributed by atoms with E-state index in [1.807, 2.05) is 31.2 Å². The van der Waals surface area contributed by atoms with Crippen molar-refractivity contribution in [3.63, 3.8) is 0 Å². The van der Waals surface area contributed by atoms with Crippen LogP contribution in [0.2, 0.25) is 0 Å². The predicted molar refractivity (Wildman–Crippen MR) is 101 cm³/mol. The predicted octanol–water partition coefficient (Wildman–Crippen LogP) is 3.22. The van der Waals surface area contributed by atoms with Crippen LogP contribution in [0.1, 0.15) is 30.5 Å². The van der Waals surface area contributed by atoms with Crippen LogP contribution in [-0.2, 0) is 9.59 Å². The third kappa shape index (κ3) is 5.24. The number of nitrogens with one attached hydrogen (secondary N) is 2. The number of benzene rings is 2. The van der Waals surface area contributed by atoms with Crippen molar-refractivity contribution in [1.82, 2.24) is 5.32 Å². The largest absolute Gasteiger partial charge is 0.497 e. The molecule has 6 nitrogen and oxygen atoms in total. The van der Waals surface area contributed by atoms with Gasteiger partial charge < -0.3 is 20.1 Å². The van der Waals surface area contributed by atoms with Crippen LogP contribution in [0.5, 0.6) is 11.5 Å². The number of hydrogen-bond acceptors (Lipinski definition) is 4. The van der Waals surface area contributed by atoms with E-state index in [0.29, 0.717) is 17.2 Å². The maximum absolute atomic E-state index is 12.5. The van der Waals surface area contributed by atoms with Crippen LogP contribution in [0.15, 0.2) is 42.5 Å². The highest BCUT2D eigenvalue weighted by Gasteiger charge is 2.18. The second-order valence-electron chi connectivity index (χ2n) is 5.98. The Morgan fingerprint density at radius 2 is 1.73 bits per heavy atom. The summed E-state index contributed by atoms with van der Waals surface area (Å²) in [7, 11) is 3.09. The highest BCUT2D eigenvalue weighted by molar-refractivity contribution is 5.93. The van der Waals surface area contributed by atoms with E-state index in [0.717, 1.165) is 11.1 Å². The Kier molecular flexibility index (Phi) is 6.60. The zero-order chi connectivity index (χ0) is 19.1. The van der Waals surface area contributed by atoms with Gasteiger partial charge in [-0.05, 0) is 24.6 Å². The Bertz CT molecular complexity index is 772. The maximum atomic E-state index is 12.5. The fourth-order valence-corrected chi connectivity index (χ4v) is 2.58. The number of carbonyl (C=O) groups excluding carboxylic acids is 2. The van der Waals surface area contributed by atoms with Gasteiger partial charge in [0.25, 0.3) is 0 Å². The molecular formula is C20H24N2O4. The Hall–Kier alpha value is -3.02. The van der Waals surface area contributed by atoms with E-state index in [4.69, 9.17) is 9.47 Å². The first-order valence-corrected chi connectivity index (χ1v) is 8.28. The highest BCUT2D eigenvalue weighted by Crippen LogP contribution is 2.29. The van der Waals surface area contributed by atoms with Gasteiger partial charge in [-0.3, -0.25) is 9.59 Å². The van der Waals surface area contributed by atoms with Crippen molar-refractivity contribution >= 4 is 17.5 Å². The molecule has 0 saturated heterocycles. The fraction of sp³-hybridized carbons (Fsp3) is 0.300. The molecule has 6 heteroatoms. The summed E-state index contributed by atoms with van der Waals surface area (Å²) in [5.41, 5.74) is 2.54. The molecule has 26 heavy (non-hydrogen) atoms. The number of anilines is 1. The minimum absolute atomic E-state index is 0.109. The van der Waals surface area contributed by atoms with Gasteiger partial charge >= 0.3 is 0 Å². The molecular weight excluding hydrogens is 332 g/mol. The quantitative estimate of drug-likeness (QED) is 0.799. The topological polar surface area (TPSA) is 76.7 Å². The number of methoxy groups -OCH3 is 2. The van der Waals surface area contributed by atoms with Crippen molar-refractivity contribution in [3.05, 3.63) is 53.6 Å². The Morgan fingerprint density at radius 1 is 1.04 bits per heavy atom. The summed E-state index contributed by atoms with van der Waals surface area (Å²) in [6.07, 6.45) is 0.109. The molecule has 2 rings (SSSR count). The average Bonchev–Trinajstić information content (AvgIpc) is 2.61. The molecule has 138 valence electrons. The maximum Gasteiger partial charge on any atom is 0.226 e. The zero-order valence-corrected chi connectivity index (χ0v) is 15.5. The summed E-state index contributed by atoms with van der Waals surface area (Å²) in [5.74, 6) is 0.720. The van der Waals surface area contributed by atoms with Crippen LogP contribution in [0.4, 0.5) is 5.69 Å². The third-order valence-corrected chi connectivity index (χ3v) is 3.93. The summed E-state index contributed by atoms with van der Waals surface area (Å²) in [6, 6.07) is 12.5. The standard InChI is InChI=1S/C20H24N2O4/c1-13-5-7-15(8-6-13)18(21-14(2)23)12-20(24)22-17-10-9-16(25-3)11-19(17)26-4/h5-11,18H,12H2,1-4H3,(H,21,23)(H,22,24). The highest BCUT2D eigenvalue weighted by atomic mass is 16.5. The van der Waals surface area contributed by atoms with Crippen LogP contribution >= 0.6 is 0 Å². The second-order valence-corrected chi connectivity index (χ2v) is 5.98. The molecule has 2 aromatic rings. The first-order valence-electron chi connectivity index (χ1n) is 8.28. The van der Waals surface area contributed by atoms with Gasteiger partial charge in [0.2, 0.25) is 11.8 Å². The SMILES string of the molecule is COc1ccc(NC(=O)CC(NC(C)=O)c2ccc(C)cc2)c(OC)c1. The van der Waals surface area contributed by atoms with Crippen LogP contribution in [0, 0.1) is 6.92 Å². The van der Waals surface area contributed by atoms with Crippen LogP contribution in [0.25, 0.3) is 0 Å². The van der Waals surface area contributed by atoms with Crippen LogP contribution in [0.3, 0.4) is 0 Å². The molecule has 2 aromatic carbocycles. The fourth-order valence-electron chi connectivity index (χ4n) is 2.58. The average molecular weight is 356 g/mol. The van der Waals surface area contributed by atoms with Gasteiger partial charge in [0.1, 0.15) is 11.5 Å². The van der Waals surface area contributed by atoms with E-state index in [-0.39, 0.29) is 18.2 Å². The molecule has 2 amide bonds. The van der Waals surface area contributed by atoms with Crippen LogP contribution < -0.4 is 20.1 Å². The Morgan fingerprint density at radius 3 is 2.31 bits per heavy atom. The molecule has 0 aromatic heterocycles. The molecule has 0 saturated carbocycles. The van der Waals surface area contributed by atoms with Crippen molar-refractivity contribution in [2.75, 3.05) is 19.5 Å². The van der Waals surface area contributed by atoms with Gasteiger partial charge in [-0.1, -0.05) is 29.8 Å². The van der Waals surface area contributed by atoms with E-state index in [1.54, 1.807) is 25.3 Å². The van der Waals surface area contributed by atoms with Gasteiger partial charge in [0.15, 0.2) is 0 Å². The molecule has 0 heterocycles. The Labute approximate surface area is 153 Å².